The van der Waals surface area contributed by atoms with E-state index in [2.05, 4.69) is 41.3 Å². The van der Waals surface area contributed by atoms with Crippen LogP contribution in [-0.2, 0) is 0 Å². The van der Waals surface area contributed by atoms with Gasteiger partial charge in [-0.05, 0) is 36.0 Å². The van der Waals surface area contributed by atoms with E-state index in [4.69, 9.17) is 5.84 Å². The molecule has 0 radical (unpaired) electrons. The van der Waals surface area contributed by atoms with Crippen molar-refractivity contribution in [2.75, 3.05) is 5.43 Å². The number of hydrogen-bond acceptors (Lipinski definition) is 7. The lowest BCUT2D eigenvalue weighted by Crippen LogP contribution is -2.13. The summed E-state index contributed by atoms with van der Waals surface area (Å²) in [6.07, 6.45) is 5.02. The van der Waals surface area contributed by atoms with Crippen LogP contribution >= 0.6 is 27.7 Å². The van der Waals surface area contributed by atoms with Gasteiger partial charge >= 0.3 is 0 Å². The minimum atomic E-state index is 0.299. The number of benzene rings is 1. The van der Waals surface area contributed by atoms with Crippen LogP contribution in [0.5, 0.6) is 0 Å². The molecule has 1 aromatic carbocycles. The molecule has 0 aliphatic heterocycles. The van der Waals surface area contributed by atoms with E-state index in [-0.39, 0.29) is 0 Å². The number of rotatable bonds is 4. The highest BCUT2D eigenvalue weighted by Gasteiger charge is 2.09. The monoisotopic (exact) mass is 363 g/mol. The van der Waals surface area contributed by atoms with Crippen molar-refractivity contribution in [1.29, 1.82) is 0 Å². The number of nitrogens with one attached hydrogen (secondary N) is 1. The number of hydrogen-bond donors (Lipinski definition) is 2. The zero-order chi connectivity index (χ0) is 14.7. The predicted molar refractivity (Wildman–Crippen MR) is 83.0 cm³/mol. The maximum atomic E-state index is 5.41. The maximum absolute atomic E-state index is 5.41. The molecule has 3 N–H and O–H groups in total. The van der Waals surface area contributed by atoms with Gasteiger partial charge in [-0.25, -0.2) is 10.8 Å². The molecule has 106 valence electrons. The van der Waals surface area contributed by atoms with Gasteiger partial charge in [0.15, 0.2) is 5.16 Å². The summed E-state index contributed by atoms with van der Waals surface area (Å²) in [5, 5.41) is 0.545. The van der Waals surface area contributed by atoms with Gasteiger partial charge in [0.05, 0.1) is 0 Å². The highest BCUT2D eigenvalue weighted by Crippen LogP contribution is 2.26. The fourth-order valence-electron chi connectivity index (χ4n) is 1.56. The topological polar surface area (TPSA) is 94.5 Å². The Morgan fingerprint density at radius 1 is 1.14 bits per heavy atom. The molecule has 0 amide bonds. The van der Waals surface area contributed by atoms with E-state index >= 15 is 0 Å². The van der Waals surface area contributed by atoms with E-state index in [1.165, 1.54) is 11.8 Å². The molecule has 0 aliphatic carbocycles. The normalized spacial score (nSPS) is 10.6. The van der Waals surface area contributed by atoms with E-state index < -0.39 is 0 Å². The molecule has 7 nitrogen and oxygen atoms in total. The van der Waals surface area contributed by atoms with Crippen molar-refractivity contribution in [2.45, 2.75) is 10.1 Å². The predicted octanol–water partition coefficient (Wildman–Crippen LogP) is 2.26. The quantitative estimate of drug-likeness (QED) is 0.542. The van der Waals surface area contributed by atoms with E-state index in [1.54, 1.807) is 23.3 Å². The molecule has 3 aromatic rings. The standard InChI is InChI=1S/C12H10BrN7S/c13-8-1-3-9(4-2-8)21-12-17-10(19-14)16-11(18-12)20-6-5-15-7-20/h1-7H,14H2,(H,16,17,18,19). The van der Waals surface area contributed by atoms with Gasteiger partial charge in [0.25, 0.3) is 0 Å². The molecule has 0 saturated heterocycles. The van der Waals surface area contributed by atoms with Gasteiger partial charge in [0, 0.05) is 21.8 Å². The molecular weight excluding hydrogens is 354 g/mol. The van der Waals surface area contributed by atoms with Crippen LogP contribution in [0.1, 0.15) is 0 Å². The molecule has 0 aliphatic rings. The number of aromatic nitrogens is 5. The molecule has 2 aromatic heterocycles. The van der Waals surface area contributed by atoms with Crippen LogP contribution in [0.15, 0.2) is 57.5 Å². The molecule has 0 bridgehead atoms. The van der Waals surface area contributed by atoms with Gasteiger partial charge in [0.2, 0.25) is 11.9 Å². The molecule has 0 atom stereocenters. The lowest BCUT2D eigenvalue weighted by molar-refractivity contribution is 0.824. The number of hydrazine groups is 1. The molecule has 0 fully saturated rings. The highest BCUT2D eigenvalue weighted by atomic mass is 79.9. The van der Waals surface area contributed by atoms with Gasteiger partial charge in [-0.1, -0.05) is 15.9 Å². The Morgan fingerprint density at radius 3 is 2.62 bits per heavy atom. The molecule has 3 rings (SSSR count). The molecular formula is C12H10BrN7S. The second-order valence-corrected chi connectivity index (χ2v) is 5.87. The zero-order valence-corrected chi connectivity index (χ0v) is 13.0. The fraction of sp³-hybridized carbons (Fsp3) is 0. The first-order chi connectivity index (χ1) is 10.2. The third kappa shape index (κ3) is 3.38. The van der Waals surface area contributed by atoms with Crippen LogP contribution in [0.25, 0.3) is 5.95 Å². The van der Waals surface area contributed by atoms with Crippen LogP contribution in [0.3, 0.4) is 0 Å². The SMILES string of the molecule is NNc1nc(Sc2ccc(Br)cc2)nc(-n2ccnc2)n1. The molecule has 21 heavy (non-hydrogen) atoms. The van der Waals surface area contributed by atoms with E-state index in [1.807, 2.05) is 24.3 Å². The third-order valence-corrected chi connectivity index (χ3v) is 3.89. The minimum Gasteiger partial charge on any atom is -0.292 e. The number of nitrogen functional groups attached to an aromatic ring is 1. The summed E-state index contributed by atoms with van der Waals surface area (Å²) in [5.41, 5.74) is 2.45. The zero-order valence-electron chi connectivity index (χ0n) is 10.6. The van der Waals surface area contributed by atoms with Gasteiger partial charge in [-0.2, -0.15) is 15.0 Å². The molecule has 9 heteroatoms. The number of anilines is 1. The summed E-state index contributed by atoms with van der Waals surface area (Å²) in [7, 11) is 0. The van der Waals surface area contributed by atoms with E-state index in [0.717, 1.165) is 9.37 Å². The van der Waals surface area contributed by atoms with Crippen LogP contribution in [0.2, 0.25) is 0 Å². The van der Waals surface area contributed by atoms with Crippen molar-refractivity contribution in [2.24, 2.45) is 5.84 Å². The first-order valence-electron chi connectivity index (χ1n) is 5.89. The first-order valence-corrected chi connectivity index (χ1v) is 7.50. The average Bonchev–Trinajstić information content (AvgIpc) is 3.04. The fourth-order valence-corrected chi connectivity index (χ4v) is 2.56. The van der Waals surface area contributed by atoms with Crippen LogP contribution in [-0.4, -0.2) is 24.5 Å². The largest absolute Gasteiger partial charge is 0.292 e. The smallest absolute Gasteiger partial charge is 0.242 e. The van der Waals surface area contributed by atoms with Gasteiger partial charge < -0.3 is 0 Å². The minimum absolute atomic E-state index is 0.299. The number of imidazole rings is 1. The Hall–Kier alpha value is -1.97. The first kappa shape index (κ1) is 14.0. The van der Waals surface area contributed by atoms with Crippen molar-refractivity contribution in [3.05, 3.63) is 47.5 Å². The summed E-state index contributed by atoms with van der Waals surface area (Å²) in [4.78, 5) is 17.8. The number of halogens is 1. The number of nitrogens with zero attached hydrogens (tertiary/aromatic N) is 5. The van der Waals surface area contributed by atoms with Crippen molar-refractivity contribution in [3.63, 3.8) is 0 Å². The lowest BCUT2D eigenvalue weighted by Gasteiger charge is -2.06. The second-order valence-electron chi connectivity index (χ2n) is 3.91. The van der Waals surface area contributed by atoms with Crippen molar-refractivity contribution in [3.8, 4) is 5.95 Å². The van der Waals surface area contributed by atoms with Crippen LogP contribution < -0.4 is 11.3 Å². The van der Waals surface area contributed by atoms with Crippen molar-refractivity contribution in [1.82, 2.24) is 24.5 Å². The summed E-state index contributed by atoms with van der Waals surface area (Å²) >= 11 is 4.83. The summed E-state index contributed by atoms with van der Waals surface area (Å²) in [6.45, 7) is 0. The molecule has 2 heterocycles. The Bertz CT molecular complexity index is 730. The molecule has 0 saturated carbocycles. The molecule has 0 spiro atoms. The highest BCUT2D eigenvalue weighted by molar-refractivity contribution is 9.10. The lowest BCUT2D eigenvalue weighted by atomic mass is 10.4. The maximum Gasteiger partial charge on any atom is 0.242 e. The Kier molecular flexibility index (Phi) is 4.13. The molecule has 0 unspecified atom stereocenters. The number of nitrogens with two attached hydrogens (primary N) is 1. The van der Waals surface area contributed by atoms with Gasteiger partial charge in [0.1, 0.15) is 6.33 Å². The van der Waals surface area contributed by atoms with Crippen LogP contribution in [0.4, 0.5) is 5.95 Å². The Morgan fingerprint density at radius 2 is 1.95 bits per heavy atom. The summed E-state index contributed by atoms with van der Waals surface area (Å²) in [5.74, 6) is 6.16. The summed E-state index contributed by atoms with van der Waals surface area (Å²) in [6, 6.07) is 7.88. The van der Waals surface area contributed by atoms with Crippen molar-refractivity contribution >= 4 is 33.6 Å². The van der Waals surface area contributed by atoms with Crippen LogP contribution in [0, 0.1) is 0 Å². The van der Waals surface area contributed by atoms with Gasteiger partial charge in [-0.3, -0.25) is 9.99 Å². The Balaban J connectivity index is 1.94. The van der Waals surface area contributed by atoms with E-state index in [0.29, 0.717) is 17.1 Å². The third-order valence-electron chi connectivity index (χ3n) is 2.49. The van der Waals surface area contributed by atoms with Crippen molar-refractivity contribution < 1.29 is 0 Å². The van der Waals surface area contributed by atoms with Gasteiger partial charge in [-0.15, -0.1) is 0 Å². The second kappa shape index (κ2) is 6.20. The Labute approximate surface area is 133 Å². The van der Waals surface area contributed by atoms with E-state index in [9.17, 15) is 0 Å². The average molecular weight is 364 g/mol. The summed E-state index contributed by atoms with van der Waals surface area (Å²) < 4.78 is 2.71.